The van der Waals surface area contributed by atoms with E-state index in [1.807, 2.05) is 13.0 Å². The molecule has 0 saturated carbocycles. The van der Waals surface area contributed by atoms with Crippen LogP contribution in [0.5, 0.6) is 0 Å². The lowest BCUT2D eigenvalue weighted by Gasteiger charge is -2.28. The number of hydroxylamine groups is 1. The van der Waals surface area contributed by atoms with Crippen molar-refractivity contribution in [3.8, 4) is 0 Å². The molecule has 7 heteroatoms. The van der Waals surface area contributed by atoms with E-state index in [0.29, 0.717) is 27.8 Å². The van der Waals surface area contributed by atoms with Crippen LogP contribution in [0.3, 0.4) is 0 Å². The number of halogens is 2. The van der Waals surface area contributed by atoms with Gasteiger partial charge in [-0.15, -0.1) is 0 Å². The molecular formula is C20H18Cl2N2O3. The SMILES string of the molecule is CCC[C@@H]1[C@@H]2C(=O)N(c3ccccc3)C(=O)[C@H]2ON1c1ccc(Cl)c(Cl)c1. The molecule has 0 aromatic heterocycles. The van der Waals surface area contributed by atoms with E-state index in [2.05, 4.69) is 0 Å². The van der Waals surface area contributed by atoms with Crippen molar-refractivity contribution in [1.82, 2.24) is 0 Å². The lowest BCUT2D eigenvalue weighted by Crippen LogP contribution is -2.40. The predicted molar refractivity (Wildman–Crippen MR) is 105 cm³/mol. The molecule has 2 aliphatic heterocycles. The van der Waals surface area contributed by atoms with Gasteiger partial charge in [0.25, 0.3) is 5.91 Å². The average molecular weight is 405 g/mol. The van der Waals surface area contributed by atoms with Crippen LogP contribution < -0.4 is 9.96 Å². The third-order valence-corrected chi connectivity index (χ3v) is 5.73. The summed E-state index contributed by atoms with van der Waals surface area (Å²) in [6.45, 7) is 2.04. The normalized spacial score (nSPS) is 24.6. The van der Waals surface area contributed by atoms with Crippen LogP contribution >= 0.6 is 23.2 Å². The van der Waals surface area contributed by atoms with E-state index >= 15 is 0 Å². The van der Waals surface area contributed by atoms with Gasteiger partial charge in [-0.05, 0) is 36.8 Å². The molecule has 2 aliphatic rings. The fraction of sp³-hybridized carbons (Fsp3) is 0.300. The van der Waals surface area contributed by atoms with E-state index in [-0.39, 0.29) is 17.9 Å². The van der Waals surface area contributed by atoms with Crippen molar-refractivity contribution in [1.29, 1.82) is 0 Å². The van der Waals surface area contributed by atoms with Gasteiger partial charge in [-0.1, -0.05) is 54.7 Å². The number of carbonyl (C=O) groups excluding carboxylic acids is 2. The average Bonchev–Trinajstić information content (AvgIpc) is 3.15. The summed E-state index contributed by atoms with van der Waals surface area (Å²) in [6, 6.07) is 13.9. The highest BCUT2D eigenvalue weighted by Gasteiger charge is 2.59. The van der Waals surface area contributed by atoms with Crippen molar-refractivity contribution in [3.63, 3.8) is 0 Å². The number of para-hydroxylation sites is 1. The van der Waals surface area contributed by atoms with E-state index in [1.165, 1.54) is 4.90 Å². The molecule has 2 aromatic rings. The molecule has 5 nitrogen and oxygen atoms in total. The van der Waals surface area contributed by atoms with E-state index in [4.69, 9.17) is 28.0 Å². The van der Waals surface area contributed by atoms with E-state index < -0.39 is 12.0 Å². The fourth-order valence-electron chi connectivity index (χ4n) is 3.79. The smallest absolute Gasteiger partial charge is 0.266 e. The number of fused-ring (bicyclic) bond motifs is 1. The number of benzene rings is 2. The molecule has 0 aliphatic carbocycles. The van der Waals surface area contributed by atoms with E-state index in [1.54, 1.807) is 47.5 Å². The van der Waals surface area contributed by atoms with E-state index in [0.717, 1.165) is 6.42 Å². The molecule has 0 bridgehead atoms. The van der Waals surface area contributed by atoms with Gasteiger partial charge < -0.3 is 0 Å². The number of hydrogen-bond acceptors (Lipinski definition) is 4. The maximum atomic E-state index is 13.1. The van der Waals surface area contributed by atoms with Crippen LogP contribution in [0.4, 0.5) is 11.4 Å². The van der Waals surface area contributed by atoms with Crippen molar-refractivity contribution in [2.24, 2.45) is 5.92 Å². The van der Waals surface area contributed by atoms with Crippen LogP contribution in [0.15, 0.2) is 48.5 Å². The maximum Gasteiger partial charge on any atom is 0.266 e. The van der Waals surface area contributed by atoms with Crippen LogP contribution in [0.2, 0.25) is 10.0 Å². The van der Waals surface area contributed by atoms with Crippen molar-refractivity contribution in [2.45, 2.75) is 31.9 Å². The number of rotatable bonds is 4. The zero-order chi connectivity index (χ0) is 19.1. The molecule has 0 N–H and O–H groups in total. The molecule has 140 valence electrons. The molecule has 2 fully saturated rings. The Balaban J connectivity index is 1.69. The van der Waals surface area contributed by atoms with Gasteiger partial charge in [0, 0.05) is 0 Å². The molecule has 27 heavy (non-hydrogen) atoms. The number of imide groups is 1. The summed E-state index contributed by atoms with van der Waals surface area (Å²) in [5.74, 6) is -1.11. The molecule has 2 amide bonds. The van der Waals surface area contributed by atoms with Crippen LogP contribution in [0.1, 0.15) is 19.8 Å². The van der Waals surface area contributed by atoms with Gasteiger partial charge in [-0.2, -0.15) is 0 Å². The van der Waals surface area contributed by atoms with Crippen molar-refractivity contribution in [2.75, 3.05) is 9.96 Å². The number of anilines is 2. The molecule has 0 radical (unpaired) electrons. The standard InChI is InChI=1S/C20H18Cl2N2O3/c1-2-6-16-17-18(27-24(16)13-9-10-14(21)15(22)11-13)20(26)23(19(17)25)12-7-4-3-5-8-12/h3-5,7-11,16-18H,2,6H2,1H3/t16-,17+,18+/m1/s1. The summed E-state index contributed by atoms with van der Waals surface area (Å²) >= 11 is 12.1. The highest BCUT2D eigenvalue weighted by atomic mass is 35.5. The Morgan fingerprint density at radius 2 is 1.70 bits per heavy atom. The quantitative estimate of drug-likeness (QED) is 0.705. The summed E-state index contributed by atoms with van der Waals surface area (Å²) < 4.78 is 0. The van der Waals surface area contributed by atoms with Crippen molar-refractivity contribution < 1.29 is 14.4 Å². The van der Waals surface area contributed by atoms with E-state index in [9.17, 15) is 9.59 Å². The Hall–Kier alpha value is -2.08. The zero-order valence-corrected chi connectivity index (χ0v) is 16.2. The topological polar surface area (TPSA) is 49.9 Å². The Morgan fingerprint density at radius 1 is 0.963 bits per heavy atom. The Kier molecular flexibility index (Phi) is 4.84. The number of nitrogens with zero attached hydrogens (tertiary/aromatic N) is 2. The first-order valence-electron chi connectivity index (χ1n) is 8.87. The molecule has 3 atom stereocenters. The molecular weight excluding hydrogens is 387 g/mol. The number of carbonyl (C=O) groups is 2. The summed E-state index contributed by atoms with van der Waals surface area (Å²) in [6.07, 6.45) is 0.731. The maximum absolute atomic E-state index is 13.1. The van der Waals surface area contributed by atoms with Gasteiger partial charge in [-0.25, -0.2) is 9.96 Å². The first-order chi connectivity index (χ1) is 13.0. The first-order valence-corrected chi connectivity index (χ1v) is 9.62. The highest BCUT2D eigenvalue weighted by molar-refractivity contribution is 6.42. The largest absolute Gasteiger partial charge is 0.273 e. The Labute approximate surface area is 167 Å². The summed E-state index contributed by atoms with van der Waals surface area (Å²) in [5.41, 5.74) is 1.26. The van der Waals surface area contributed by atoms with Crippen LogP contribution in [0, 0.1) is 5.92 Å². The second-order valence-electron chi connectivity index (χ2n) is 6.68. The summed E-state index contributed by atoms with van der Waals surface area (Å²) in [7, 11) is 0. The third kappa shape index (κ3) is 3.00. The summed E-state index contributed by atoms with van der Waals surface area (Å²) in [4.78, 5) is 33.3. The minimum atomic E-state index is -0.830. The van der Waals surface area contributed by atoms with Gasteiger partial charge in [0.15, 0.2) is 6.10 Å². The summed E-state index contributed by atoms with van der Waals surface area (Å²) in [5, 5.41) is 2.49. The highest BCUT2D eigenvalue weighted by Crippen LogP contribution is 2.42. The molecule has 2 heterocycles. The fourth-order valence-corrected chi connectivity index (χ4v) is 4.08. The second kappa shape index (κ2) is 7.15. The van der Waals surface area contributed by atoms with Gasteiger partial charge in [0.1, 0.15) is 0 Å². The third-order valence-electron chi connectivity index (χ3n) is 4.99. The molecule has 0 unspecified atom stereocenters. The van der Waals surface area contributed by atoms with Gasteiger partial charge >= 0.3 is 0 Å². The van der Waals surface area contributed by atoms with Gasteiger partial charge in [0.05, 0.1) is 33.4 Å². The zero-order valence-electron chi connectivity index (χ0n) is 14.6. The monoisotopic (exact) mass is 404 g/mol. The lowest BCUT2D eigenvalue weighted by atomic mass is 9.93. The van der Waals surface area contributed by atoms with Crippen molar-refractivity contribution >= 4 is 46.4 Å². The number of hydrogen-bond donors (Lipinski definition) is 0. The second-order valence-corrected chi connectivity index (χ2v) is 7.49. The number of amides is 2. The first kappa shape index (κ1) is 18.3. The van der Waals surface area contributed by atoms with Gasteiger partial charge in [0.2, 0.25) is 5.91 Å². The molecule has 4 rings (SSSR count). The van der Waals surface area contributed by atoms with Crippen molar-refractivity contribution in [3.05, 3.63) is 58.6 Å². The molecule has 2 saturated heterocycles. The molecule has 2 aromatic carbocycles. The predicted octanol–water partition coefficient (Wildman–Crippen LogP) is 4.47. The minimum Gasteiger partial charge on any atom is -0.273 e. The van der Waals surface area contributed by atoms with Gasteiger partial charge in [-0.3, -0.25) is 14.4 Å². The minimum absolute atomic E-state index is 0.225. The van der Waals surface area contributed by atoms with Crippen LogP contribution in [-0.4, -0.2) is 24.0 Å². The Morgan fingerprint density at radius 3 is 2.37 bits per heavy atom. The lowest BCUT2D eigenvalue weighted by molar-refractivity contribution is -0.126. The molecule has 0 spiro atoms. The van der Waals surface area contributed by atoms with Crippen LogP contribution in [-0.2, 0) is 14.4 Å². The Bertz CT molecular complexity index is 890. The van der Waals surface area contributed by atoms with Crippen LogP contribution in [0.25, 0.3) is 0 Å².